The molecular weight excluding hydrogens is 519 g/mol. The average Bonchev–Trinajstić information content (AvgIpc) is 2.84. The molecule has 8 nitrogen and oxygen atoms in total. The van der Waals surface area contributed by atoms with E-state index in [9.17, 15) is 14.0 Å². The number of anilines is 1. The summed E-state index contributed by atoms with van der Waals surface area (Å²) in [6, 6.07) is 17.7. The molecule has 2 amide bonds. The van der Waals surface area contributed by atoms with Gasteiger partial charge in [0.2, 0.25) is 11.8 Å². The second-order valence-electron chi connectivity index (χ2n) is 7.16. The van der Waals surface area contributed by atoms with Crippen molar-refractivity contribution in [3.63, 3.8) is 0 Å². The lowest BCUT2D eigenvalue weighted by Crippen LogP contribution is -2.24. The Morgan fingerprint density at radius 2 is 1.83 bits per heavy atom. The maximum absolute atomic E-state index is 12.9. The van der Waals surface area contributed by atoms with Gasteiger partial charge in [0.25, 0.3) is 0 Å². The fraction of sp³-hybridized carbons (Fsp3) is 0.120. The highest BCUT2D eigenvalue weighted by atomic mass is 79.9. The van der Waals surface area contributed by atoms with Gasteiger partial charge in [-0.3, -0.25) is 9.59 Å². The zero-order valence-corrected chi connectivity index (χ0v) is 20.1. The van der Waals surface area contributed by atoms with Crippen LogP contribution in [0.1, 0.15) is 23.1 Å². The molecule has 0 fully saturated rings. The van der Waals surface area contributed by atoms with Crippen LogP contribution in [0.3, 0.4) is 0 Å². The Hall–Kier alpha value is -4.23. The van der Waals surface area contributed by atoms with Crippen LogP contribution in [-0.4, -0.2) is 25.1 Å². The van der Waals surface area contributed by atoms with Crippen molar-refractivity contribution in [3.8, 4) is 17.6 Å². The molecule has 0 saturated heterocycles. The highest BCUT2D eigenvalue weighted by Gasteiger charge is 2.12. The molecule has 2 N–H and O–H groups in total. The molecule has 0 radical (unpaired) electrons. The van der Waals surface area contributed by atoms with Crippen LogP contribution in [0.25, 0.3) is 0 Å². The van der Waals surface area contributed by atoms with Crippen molar-refractivity contribution in [3.05, 3.63) is 87.6 Å². The number of nitriles is 1. The van der Waals surface area contributed by atoms with E-state index in [0.717, 1.165) is 5.56 Å². The number of carbonyl (C=O) groups excluding carboxylic acids is 2. The zero-order chi connectivity index (χ0) is 25.2. The molecule has 3 rings (SSSR count). The van der Waals surface area contributed by atoms with Crippen molar-refractivity contribution in [1.29, 1.82) is 5.26 Å². The molecule has 35 heavy (non-hydrogen) atoms. The van der Waals surface area contributed by atoms with Gasteiger partial charge < -0.3 is 14.8 Å². The first kappa shape index (κ1) is 25.4. The number of methoxy groups -OCH3 is 1. The topological polar surface area (TPSA) is 113 Å². The molecule has 0 aliphatic carbocycles. The summed E-state index contributed by atoms with van der Waals surface area (Å²) in [6.45, 7) is 0.268. The molecule has 0 aliphatic rings. The lowest BCUT2D eigenvalue weighted by Gasteiger charge is -2.13. The summed E-state index contributed by atoms with van der Waals surface area (Å²) in [5.41, 5.74) is 4.72. The summed E-state index contributed by atoms with van der Waals surface area (Å²) in [4.78, 5) is 23.9. The molecule has 0 atom stereocenters. The Morgan fingerprint density at radius 3 is 2.49 bits per heavy atom. The minimum Gasteiger partial charge on any atom is -0.493 e. The van der Waals surface area contributed by atoms with E-state index in [0.29, 0.717) is 32.8 Å². The van der Waals surface area contributed by atoms with Gasteiger partial charge in [-0.15, -0.1) is 0 Å². The number of halogens is 2. The first-order valence-electron chi connectivity index (χ1n) is 10.2. The Kier molecular flexibility index (Phi) is 8.92. The van der Waals surface area contributed by atoms with E-state index in [2.05, 4.69) is 37.8 Å². The maximum Gasteiger partial charge on any atom is 0.249 e. The zero-order valence-electron chi connectivity index (χ0n) is 18.5. The third kappa shape index (κ3) is 7.65. The minimum absolute atomic E-state index is 0.268. The van der Waals surface area contributed by atoms with E-state index < -0.39 is 24.1 Å². The predicted molar refractivity (Wildman–Crippen MR) is 132 cm³/mol. The number of nitrogens with zero attached hydrogens (tertiary/aromatic N) is 2. The van der Waals surface area contributed by atoms with Gasteiger partial charge in [0, 0.05) is 5.69 Å². The van der Waals surface area contributed by atoms with Gasteiger partial charge in [-0.25, -0.2) is 9.82 Å². The molecule has 3 aromatic rings. The first-order chi connectivity index (χ1) is 16.9. The van der Waals surface area contributed by atoms with Crippen molar-refractivity contribution >= 4 is 39.6 Å². The van der Waals surface area contributed by atoms with E-state index in [1.54, 1.807) is 24.3 Å². The smallest absolute Gasteiger partial charge is 0.249 e. The summed E-state index contributed by atoms with van der Waals surface area (Å²) in [6.07, 6.45) is 0.942. The Morgan fingerprint density at radius 1 is 1.11 bits per heavy atom. The lowest BCUT2D eigenvalue weighted by molar-refractivity contribution is -0.126. The summed E-state index contributed by atoms with van der Waals surface area (Å²) >= 11 is 3.45. The fourth-order valence-corrected chi connectivity index (χ4v) is 3.46. The summed E-state index contributed by atoms with van der Waals surface area (Å²) in [5.74, 6) is -0.675. The van der Waals surface area contributed by atoms with Gasteiger partial charge in [0.15, 0.2) is 11.5 Å². The number of ether oxygens (including phenoxy) is 2. The van der Waals surface area contributed by atoms with Crippen LogP contribution >= 0.6 is 15.9 Å². The monoisotopic (exact) mass is 538 g/mol. The summed E-state index contributed by atoms with van der Waals surface area (Å²) in [5, 5.41) is 15.3. The Labute approximate surface area is 209 Å². The molecular formula is C25H20BrFN4O4. The standard InChI is InChI=1S/C25H20BrFN4O4/c1-34-22-11-18(10-21(26)25(22)35-15-17-4-2-16(13-28)3-5-17)14-29-31-24(33)12-23(32)30-20-8-6-19(27)7-9-20/h2-11,14H,12,15H2,1H3,(H,30,32)(H,31,33). The van der Waals surface area contributed by atoms with Gasteiger partial charge >= 0.3 is 0 Å². The number of hydrogen-bond donors (Lipinski definition) is 2. The van der Waals surface area contributed by atoms with E-state index in [4.69, 9.17) is 14.7 Å². The predicted octanol–water partition coefficient (Wildman–Crippen LogP) is 4.53. The van der Waals surface area contributed by atoms with Crippen LogP contribution in [0.15, 0.2) is 70.2 Å². The molecule has 10 heteroatoms. The van der Waals surface area contributed by atoms with E-state index in [1.807, 2.05) is 12.1 Å². The number of carbonyl (C=O) groups is 2. The normalized spacial score (nSPS) is 10.5. The second kappa shape index (κ2) is 12.3. The van der Waals surface area contributed by atoms with Crippen LogP contribution in [0.4, 0.5) is 10.1 Å². The largest absolute Gasteiger partial charge is 0.493 e. The van der Waals surface area contributed by atoms with Crippen molar-refractivity contribution in [2.45, 2.75) is 13.0 Å². The molecule has 178 valence electrons. The summed E-state index contributed by atoms with van der Waals surface area (Å²) in [7, 11) is 1.50. The van der Waals surface area contributed by atoms with Crippen molar-refractivity contribution in [2.24, 2.45) is 5.10 Å². The second-order valence-corrected chi connectivity index (χ2v) is 8.01. The lowest BCUT2D eigenvalue weighted by atomic mass is 10.1. The average molecular weight is 539 g/mol. The number of hydrogen-bond acceptors (Lipinski definition) is 6. The SMILES string of the molecule is COc1cc(C=NNC(=O)CC(=O)Nc2ccc(F)cc2)cc(Br)c1OCc1ccc(C#N)cc1. The highest BCUT2D eigenvalue weighted by molar-refractivity contribution is 9.10. The third-order valence-corrected chi connectivity index (χ3v) is 5.16. The van der Waals surface area contributed by atoms with Gasteiger partial charge in [-0.1, -0.05) is 12.1 Å². The minimum atomic E-state index is -0.616. The summed E-state index contributed by atoms with van der Waals surface area (Å²) < 4.78 is 24.8. The van der Waals surface area contributed by atoms with Crippen LogP contribution in [0.2, 0.25) is 0 Å². The highest BCUT2D eigenvalue weighted by Crippen LogP contribution is 2.36. The van der Waals surface area contributed by atoms with Crippen LogP contribution in [0.5, 0.6) is 11.5 Å². The number of hydrazone groups is 1. The maximum atomic E-state index is 12.9. The van der Waals surface area contributed by atoms with Crippen molar-refractivity contribution in [2.75, 3.05) is 12.4 Å². The number of nitrogens with one attached hydrogen (secondary N) is 2. The van der Waals surface area contributed by atoms with Crippen molar-refractivity contribution < 1.29 is 23.5 Å². The van der Waals surface area contributed by atoms with Gasteiger partial charge in [-0.05, 0) is 75.6 Å². The van der Waals surface area contributed by atoms with Gasteiger partial charge in [0.1, 0.15) is 18.8 Å². The molecule has 0 aliphatic heterocycles. The van der Waals surface area contributed by atoms with E-state index >= 15 is 0 Å². The molecule has 0 unspecified atom stereocenters. The molecule has 0 aromatic heterocycles. The molecule has 0 spiro atoms. The number of amides is 2. The quantitative estimate of drug-likeness (QED) is 0.236. The van der Waals surface area contributed by atoms with Crippen molar-refractivity contribution in [1.82, 2.24) is 5.43 Å². The Balaban J connectivity index is 1.56. The first-order valence-corrected chi connectivity index (χ1v) is 11.0. The molecule has 0 bridgehead atoms. The van der Waals surface area contributed by atoms with Crippen LogP contribution in [-0.2, 0) is 16.2 Å². The molecule has 0 saturated carbocycles. The van der Waals surface area contributed by atoms with E-state index in [1.165, 1.54) is 37.6 Å². The fourth-order valence-electron chi connectivity index (χ4n) is 2.89. The molecule has 3 aromatic carbocycles. The van der Waals surface area contributed by atoms with Gasteiger partial charge in [-0.2, -0.15) is 10.4 Å². The Bertz CT molecular complexity index is 1270. The van der Waals surface area contributed by atoms with Gasteiger partial charge in [0.05, 0.1) is 29.4 Å². The van der Waals surface area contributed by atoms with E-state index in [-0.39, 0.29) is 6.61 Å². The third-order valence-electron chi connectivity index (χ3n) is 4.57. The molecule has 0 heterocycles. The van der Waals surface area contributed by atoms with Crippen LogP contribution in [0, 0.1) is 17.1 Å². The number of rotatable bonds is 9. The van der Waals surface area contributed by atoms with Crippen LogP contribution < -0.4 is 20.2 Å². The number of benzene rings is 3.